The average molecular weight is 345 g/mol. The molecule has 0 aliphatic rings. The lowest BCUT2D eigenvalue weighted by Crippen LogP contribution is -2.29. The maximum atomic E-state index is 12.8. The van der Waals surface area contributed by atoms with Gasteiger partial charge in [0, 0.05) is 6.54 Å². The Hall–Kier alpha value is -2.89. The Morgan fingerprint density at radius 2 is 1.64 bits per heavy atom. The van der Waals surface area contributed by atoms with Crippen molar-refractivity contribution in [2.75, 3.05) is 13.2 Å². The molecular formula is C19H20FNO4. The van der Waals surface area contributed by atoms with Gasteiger partial charge in [0.15, 0.2) is 13.2 Å². The third-order valence-corrected chi connectivity index (χ3v) is 3.51. The van der Waals surface area contributed by atoms with E-state index < -0.39 is 18.5 Å². The molecule has 132 valence electrons. The fraction of sp³-hybridized carbons (Fsp3) is 0.263. The maximum absolute atomic E-state index is 12.8. The standard InChI is InChI=1S/C19H20FNO4/c1-13-4-3-5-14(2)19(13)25-12-18(23)24-11-17(22)21-10-15-6-8-16(20)9-7-15/h3-9H,10-12H2,1-2H3,(H,21,22). The molecule has 1 N–H and O–H groups in total. The van der Waals surface area contributed by atoms with Gasteiger partial charge >= 0.3 is 5.97 Å². The van der Waals surface area contributed by atoms with Gasteiger partial charge in [-0.15, -0.1) is 0 Å². The Bertz CT molecular complexity index is 723. The van der Waals surface area contributed by atoms with Crippen LogP contribution in [0, 0.1) is 19.7 Å². The van der Waals surface area contributed by atoms with E-state index in [1.54, 1.807) is 12.1 Å². The van der Waals surface area contributed by atoms with E-state index in [9.17, 15) is 14.0 Å². The molecule has 0 spiro atoms. The van der Waals surface area contributed by atoms with E-state index in [2.05, 4.69) is 5.32 Å². The Balaban J connectivity index is 1.70. The van der Waals surface area contributed by atoms with Crippen LogP contribution in [0.4, 0.5) is 4.39 Å². The van der Waals surface area contributed by atoms with Gasteiger partial charge in [0.2, 0.25) is 0 Å². The first-order valence-corrected chi connectivity index (χ1v) is 7.81. The molecule has 0 aliphatic heterocycles. The van der Waals surface area contributed by atoms with Crippen molar-refractivity contribution in [3.05, 3.63) is 65.0 Å². The van der Waals surface area contributed by atoms with Crippen LogP contribution in [0.25, 0.3) is 0 Å². The SMILES string of the molecule is Cc1cccc(C)c1OCC(=O)OCC(=O)NCc1ccc(F)cc1. The van der Waals surface area contributed by atoms with Crippen molar-refractivity contribution in [3.8, 4) is 5.75 Å². The second-order valence-electron chi connectivity index (χ2n) is 5.57. The van der Waals surface area contributed by atoms with E-state index in [0.29, 0.717) is 5.75 Å². The number of carbonyl (C=O) groups excluding carboxylic acids is 2. The van der Waals surface area contributed by atoms with Gasteiger partial charge in [-0.25, -0.2) is 9.18 Å². The van der Waals surface area contributed by atoms with Crippen molar-refractivity contribution in [3.63, 3.8) is 0 Å². The highest BCUT2D eigenvalue weighted by atomic mass is 19.1. The number of rotatable bonds is 7. The van der Waals surface area contributed by atoms with Crippen LogP contribution < -0.4 is 10.1 Å². The maximum Gasteiger partial charge on any atom is 0.344 e. The van der Waals surface area contributed by atoms with Gasteiger partial charge in [0.25, 0.3) is 5.91 Å². The lowest BCUT2D eigenvalue weighted by molar-refractivity contribution is -0.150. The smallest absolute Gasteiger partial charge is 0.344 e. The third kappa shape index (κ3) is 5.91. The first-order chi connectivity index (χ1) is 12.0. The normalized spacial score (nSPS) is 10.2. The summed E-state index contributed by atoms with van der Waals surface area (Å²) in [7, 11) is 0. The summed E-state index contributed by atoms with van der Waals surface area (Å²) in [5.41, 5.74) is 2.59. The van der Waals surface area contributed by atoms with E-state index in [1.807, 2.05) is 32.0 Å². The van der Waals surface area contributed by atoms with Gasteiger partial charge < -0.3 is 14.8 Å². The van der Waals surface area contributed by atoms with E-state index in [4.69, 9.17) is 9.47 Å². The number of benzene rings is 2. The predicted octanol–water partition coefficient (Wildman–Crippen LogP) is 2.68. The number of ether oxygens (including phenoxy) is 2. The fourth-order valence-corrected chi connectivity index (χ4v) is 2.20. The number of halogens is 1. The Kier molecular flexibility index (Phi) is 6.51. The number of aryl methyl sites for hydroxylation is 2. The first-order valence-electron chi connectivity index (χ1n) is 7.81. The highest BCUT2D eigenvalue weighted by molar-refractivity contribution is 5.80. The summed E-state index contributed by atoms with van der Waals surface area (Å²) in [6.07, 6.45) is 0. The third-order valence-electron chi connectivity index (χ3n) is 3.51. The summed E-state index contributed by atoms with van der Waals surface area (Å²) in [5, 5.41) is 2.59. The van der Waals surface area contributed by atoms with Crippen molar-refractivity contribution < 1.29 is 23.5 Å². The molecule has 0 aliphatic carbocycles. The number of para-hydroxylation sites is 1. The molecule has 0 saturated heterocycles. The minimum Gasteiger partial charge on any atom is -0.481 e. The molecule has 0 heterocycles. The molecule has 0 bridgehead atoms. The molecule has 6 heteroatoms. The number of amides is 1. The summed E-state index contributed by atoms with van der Waals surface area (Å²) in [6, 6.07) is 11.4. The molecule has 0 radical (unpaired) electrons. The van der Waals surface area contributed by atoms with Crippen LogP contribution in [0.2, 0.25) is 0 Å². The minimum absolute atomic E-state index is 0.232. The van der Waals surface area contributed by atoms with Crippen molar-refractivity contribution in [1.82, 2.24) is 5.32 Å². The van der Waals surface area contributed by atoms with Crippen LogP contribution in [0.5, 0.6) is 5.75 Å². The number of esters is 1. The van der Waals surface area contributed by atoms with Gasteiger partial charge in [-0.3, -0.25) is 4.79 Å². The molecule has 0 atom stereocenters. The number of carbonyl (C=O) groups is 2. The number of hydrogen-bond donors (Lipinski definition) is 1. The molecule has 2 rings (SSSR count). The van der Waals surface area contributed by atoms with Crippen LogP contribution in [0.3, 0.4) is 0 Å². The average Bonchev–Trinajstić information content (AvgIpc) is 2.59. The Morgan fingerprint density at radius 1 is 1.00 bits per heavy atom. The molecule has 5 nitrogen and oxygen atoms in total. The number of nitrogens with one attached hydrogen (secondary N) is 1. The largest absolute Gasteiger partial charge is 0.481 e. The summed E-state index contributed by atoms with van der Waals surface area (Å²) >= 11 is 0. The van der Waals surface area contributed by atoms with Gasteiger partial charge in [-0.1, -0.05) is 30.3 Å². The fourth-order valence-electron chi connectivity index (χ4n) is 2.20. The molecular weight excluding hydrogens is 325 g/mol. The monoisotopic (exact) mass is 345 g/mol. The minimum atomic E-state index is -0.625. The Labute approximate surface area is 145 Å². The summed E-state index contributed by atoms with van der Waals surface area (Å²) in [6.45, 7) is 3.34. The summed E-state index contributed by atoms with van der Waals surface area (Å²) in [5.74, 6) is -0.766. The first kappa shape index (κ1) is 18.4. The van der Waals surface area contributed by atoms with Crippen LogP contribution in [-0.4, -0.2) is 25.1 Å². The van der Waals surface area contributed by atoms with E-state index >= 15 is 0 Å². The van der Waals surface area contributed by atoms with Gasteiger partial charge in [-0.2, -0.15) is 0 Å². The molecule has 0 fully saturated rings. The molecule has 0 unspecified atom stereocenters. The highest BCUT2D eigenvalue weighted by Gasteiger charge is 2.10. The quantitative estimate of drug-likeness (QED) is 0.784. The van der Waals surface area contributed by atoms with Crippen molar-refractivity contribution in [2.24, 2.45) is 0 Å². The zero-order chi connectivity index (χ0) is 18.2. The second kappa shape index (κ2) is 8.82. The van der Waals surface area contributed by atoms with Crippen LogP contribution in [0.1, 0.15) is 16.7 Å². The van der Waals surface area contributed by atoms with Crippen LogP contribution in [0.15, 0.2) is 42.5 Å². The Morgan fingerprint density at radius 3 is 2.28 bits per heavy atom. The van der Waals surface area contributed by atoms with Crippen molar-refractivity contribution >= 4 is 11.9 Å². The second-order valence-corrected chi connectivity index (χ2v) is 5.57. The lowest BCUT2D eigenvalue weighted by Gasteiger charge is -2.11. The van der Waals surface area contributed by atoms with E-state index in [0.717, 1.165) is 16.7 Å². The molecule has 2 aromatic carbocycles. The molecule has 1 amide bonds. The number of hydrogen-bond acceptors (Lipinski definition) is 4. The molecule has 2 aromatic rings. The zero-order valence-corrected chi connectivity index (χ0v) is 14.2. The summed E-state index contributed by atoms with van der Waals surface area (Å²) < 4.78 is 23.1. The molecule has 25 heavy (non-hydrogen) atoms. The predicted molar refractivity (Wildman–Crippen MR) is 90.6 cm³/mol. The van der Waals surface area contributed by atoms with E-state index in [-0.39, 0.29) is 19.0 Å². The molecule has 0 saturated carbocycles. The summed E-state index contributed by atoms with van der Waals surface area (Å²) in [4.78, 5) is 23.4. The lowest BCUT2D eigenvalue weighted by atomic mass is 10.1. The topological polar surface area (TPSA) is 64.6 Å². The van der Waals surface area contributed by atoms with Gasteiger partial charge in [0.1, 0.15) is 11.6 Å². The van der Waals surface area contributed by atoms with Crippen LogP contribution in [-0.2, 0) is 20.9 Å². The van der Waals surface area contributed by atoms with E-state index in [1.165, 1.54) is 12.1 Å². The van der Waals surface area contributed by atoms with Crippen molar-refractivity contribution in [2.45, 2.75) is 20.4 Å². The van der Waals surface area contributed by atoms with Crippen molar-refractivity contribution in [1.29, 1.82) is 0 Å². The van der Waals surface area contributed by atoms with Gasteiger partial charge in [0.05, 0.1) is 0 Å². The van der Waals surface area contributed by atoms with Crippen LogP contribution >= 0.6 is 0 Å². The highest BCUT2D eigenvalue weighted by Crippen LogP contribution is 2.22. The van der Waals surface area contributed by atoms with Gasteiger partial charge in [-0.05, 0) is 42.7 Å². The molecule has 0 aromatic heterocycles. The zero-order valence-electron chi connectivity index (χ0n) is 14.2.